The van der Waals surface area contributed by atoms with Gasteiger partial charge in [0.05, 0.1) is 18.1 Å². The fourth-order valence-electron chi connectivity index (χ4n) is 2.77. The zero-order valence-electron chi connectivity index (χ0n) is 12.1. The van der Waals surface area contributed by atoms with Crippen LogP contribution in [0.25, 0.3) is 0 Å². The molecule has 22 heavy (non-hydrogen) atoms. The van der Waals surface area contributed by atoms with Crippen LogP contribution < -0.4 is 0 Å². The summed E-state index contributed by atoms with van der Waals surface area (Å²) in [5.74, 6) is -0.770. The Hall–Kier alpha value is -2.16. The molecule has 0 saturated heterocycles. The van der Waals surface area contributed by atoms with E-state index in [0.717, 1.165) is 30.9 Å². The fourth-order valence-corrected chi connectivity index (χ4v) is 3.93. The van der Waals surface area contributed by atoms with Crippen molar-refractivity contribution in [1.29, 1.82) is 5.26 Å². The smallest absolute Gasteiger partial charge is 0.308 e. The molecule has 1 aliphatic rings. The van der Waals surface area contributed by atoms with Gasteiger partial charge >= 0.3 is 5.97 Å². The van der Waals surface area contributed by atoms with Crippen molar-refractivity contribution in [2.24, 2.45) is 0 Å². The Morgan fingerprint density at radius 2 is 2.14 bits per heavy atom. The molecular weight excluding hydrogens is 296 g/mol. The summed E-state index contributed by atoms with van der Waals surface area (Å²) >= 11 is 1.63. The summed E-state index contributed by atoms with van der Waals surface area (Å²) in [5.41, 5.74) is 3.14. The highest BCUT2D eigenvalue weighted by atomic mass is 32.1. The number of aliphatic carboxylic acids is 1. The van der Waals surface area contributed by atoms with E-state index < -0.39 is 5.97 Å². The van der Waals surface area contributed by atoms with Crippen LogP contribution in [0.1, 0.15) is 26.4 Å². The van der Waals surface area contributed by atoms with Crippen LogP contribution in [0, 0.1) is 11.3 Å². The topological polar surface area (TPSA) is 64.3 Å². The molecule has 0 amide bonds. The number of rotatable bonds is 4. The van der Waals surface area contributed by atoms with Crippen molar-refractivity contribution in [2.45, 2.75) is 25.9 Å². The largest absolute Gasteiger partial charge is 0.481 e. The normalized spacial score (nSPS) is 14.3. The Morgan fingerprint density at radius 3 is 2.82 bits per heavy atom. The van der Waals surface area contributed by atoms with Gasteiger partial charge in [0.15, 0.2) is 0 Å². The Morgan fingerprint density at radius 1 is 1.36 bits per heavy atom. The summed E-state index contributed by atoms with van der Waals surface area (Å²) in [6.45, 7) is 2.71. The zero-order chi connectivity index (χ0) is 15.5. The van der Waals surface area contributed by atoms with E-state index in [4.69, 9.17) is 10.4 Å². The van der Waals surface area contributed by atoms with E-state index in [2.05, 4.69) is 11.0 Å². The first-order valence-corrected chi connectivity index (χ1v) is 7.99. The maximum absolute atomic E-state index is 10.8. The first kappa shape index (κ1) is 14.8. The summed E-state index contributed by atoms with van der Waals surface area (Å²) in [7, 11) is 0. The Balaban J connectivity index is 1.67. The summed E-state index contributed by atoms with van der Waals surface area (Å²) in [6.07, 6.45) is 1.10. The van der Waals surface area contributed by atoms with Crippen LogP contribution in [0.15, 0.2) is 30.3 Å². The summed E-state index contributed by atoms with van der Waals surface area (Å²) < 4.78 is 0. The predicted molar refractivity (Wildman–Crippen MR) is 84.6 cm³/mol. The van der Waals surface area contributed by atoms with Gasteiger partial charge < -0.3 is 5.11 Å². The number of fused-ring (bicyclic) bond motifs is 1. The monoisotopic (exact) mass is 312 g/mol. The molecule has 0 bridgehead atoms. The average Bonchev–Trinajstić information content (AvgIpc) is 2.88. The number of carboxylic acids is 1. The molecule has 112 valence electrons. The minimum Gasteiger partial charge on any atom is -0.481 e. The van der Waals surface area contributed by atoms with Gasteiger partial charge in [-0.25, -0.2) is 0 Å². The summed E-state index contributed by atoms with van der Waals surface area (Å²) in [6, 6.07) is 11.9. The van der Waals surface area contributed by atoms with Gasteiger partial charge in [-0.1, -0.05) is 12.1 Å². The number of carbonyl (C=O) groups is 1. The lowest BCUT2D eigenvalue weighted by Crippen LogP contribution is -2.29. The van der Waals surface area contributed by atoms with Crippen LogP contribution in [0.3, 0.4) is 0 Å². The Bertz CT molecular complexity index is 728. The van der Waals surface area contributed by atoms with Crippen molar-refractivity contribution in [2.75, 3.05) is 6.54 Å². The number of hydrogen-bond donors (Lipinski definition) is 1. The molecule has 0 fully saturated rings. The molecule has 1 aliphatic heterocycles. The summed E-state index contributed by atoms with van der Waals surface area (Å²) in [4.78, 5) is 15.4. The van der Waals surface area contributed by atoms with E-state index in [1.54, 1.807) is 11.3 Å². The van der Waals surface area contributed by atoms with Gasteiger partial charge in [-0.3, -0.25) is 9.69 Å². The van der Waals surface area contributed by atoms with E-state index >= 15 is 0 Å². The van der Waals surface area contributed by atoms with E-state index in [9.17, 15) is 4.79 Å². The van der Waals surface area contributed by atoms with E-state index in [1.807, 2.05) is 30.3 Å². The second kappa shape index (κ2) is 6.30. The molecule has 0 unspecified atom stereocenters. The Kier molecular flexibility index (Phi) is 4.23. The average molecular weight is 312 g/mol. The summed E-state index contributed by atoms with van der Waals surface area (Å²) in [5, 5.41) is 17.7. The van der Waals surface area contributed by atoms with Crippen LogP contribution in [0.4, 0.5) is 0 Å². The molecule has 1 N–H and O–H groups in total. The number of benzene rings is 1. The van der Waals surface area contributed by atoms with Gasteiger partial charge in [-0.2, -0.15) is 5.26 Å². The van der Waals surface area contributed by atoms with Crippen molar-refractivity contribution in [3.05, 3.63) is 56.8 Å². The number of thiophene rings is 1. The maximum atomic E-state index is 10.8. The molecule has 0 spiro atoms. The van der Waals surface area contributed by atoms with Crippen LogP contribution in [-0.2, 0) is 30.7 Å². The molecular formula is C17H16N2O2S. The fraction of sp³-hybridized carbons (Fsp3) is 0.294. The minimum absolute atomic E-state index is 0.118. The number of nitrogens with zero attached hydrogens (tertiary/aromatic N) is 2. The second-order valence-electron chi connectivity index (χ2n) is 5.50. The lowest BCUT2D eigenvalue weighted by atomic mass is 10.1. The van der Waals surface area contributed by atoms with E-state index in [0.29, 0.717) is 5.56 Å². The highest BCUT2D eigenvalue weighted by Gasteiger charge is 2.20. The molecule has 4 nitrogen and oxygen atoms in total. The van der Waals surface area contributed by atoms with Crippen molar-refractivity contribution >= 4 is 17.3 Å². The maximum Gasteiger partial charge on any atom is 0.308 e. The van der Waals surface area contributed by atoms with Crippen LogP contribution in [0.2, 0.25) is 0 Å². The number of hydrogen-bond acceptors (Lipinski definition) is 4. The van der Waals surface area contributed by atoms with Gasteiger partial charge in [0.1, 0.15) is 0 Å². The lowest BCUT2D eigenvalue weighted by molar-refractivity contribution is -0.136. The van der Waals surface area contributed by atoms with Gasteiger partial charge in [0.2, 0.25) is 0 Å². The predicted octanol–water partition coefficient (Wildman–Crippen LogP) is 2.81. The molecule has 1 aromatic heterocycles. The molecule has 1 aromatic carbocycles. The van der Waals surface area contributed by atoms with Gasteiger partial charge in [-0.05, 0) is 35.7 Å². The molecule has 5 heteroatoms. The number of carboxylic acid groups (broad SMARTS) is 1. The molecule has 0 radical (unpaired) electrons. The second-order valence-corrected chi connectivity index (χ2v) is 6.72. The molecule has 2 aromatic rings. The van der Waals surface area contributed by atoms with Crippen molar-refractivity contribution < 1.29 is 9.90 Å². The van der Waals surface area contributed by atoms with Crippen molar-refractivity contribution in [3.63, 3.8) is 0 Å². The lowest BCUT2D eigenvalue weighted by Gasteiger charge is -2.26. The Labute approximate surface area is 133 Å². The van der Waals surface area contributed by atoms with Crippen molar-refractivity contribution in [3.8, 4) is 6.07 Å². The van der Waals surface area contributed by atoms with E-state index in [-0.39, 0.29) is 6.42 Å². The van der Waals surface area contributed by atoms with Crippen LogP contribution >= 0.6 is 11.3 Å². The molecule has 0 atom stereocenters. The molecule has 2 heterocycles. The molecule has 0 aliphatic carbocycles. The SMILES string of the molecule is N#Cc1ccc(CN2CCc3sc(CC(=O)O)cc3C2)cc1. The van der Waals surface area contributed by atoms with Crippen molar-refractivity contribution in [1.82, 2.24) is 4.90 Å². The number of nitriles is 1. The highest BCUT2D eigenvalue weighted by molar-refractivity contribution is 7.12. The first-order chi connectivity index (χ1) is 10.6. The third-order valence-corrected chi connectivity index (χ3v) is 5.05. The van der Waals surface area contributed by atoms with E-state index in [1.165, 1.54) is 16.0 Å². The third-order valence-electron chi connectivity index (χ3n) is 3.81. The minimum atomic E-state index is -0.770. The first-order valence-electron chi connectivity index (χ1n) is 7.17. The quantitative estimate of drug-likeness (QED) is 0.943. The standard InChI is InChI=1S/C17H16N2O2S/c18-9-12-1-3-13(4-2-12)10-19-6-5-16-14(11-19)7-15(22-16)8-17(20)21/h1-4,7H,5-6,8,10-11H2,(H,20,21). The van der Waals surface area contributed by atoms with Crippen LogP contribution in [-0.4, -0.2) is 22.5 Å². The highest BCUT2D eigenvalue weighted by Crippen LogP contribution is 2.29. The third kappa shape index (κ3) is 3.35. The van der Waals surface area contributed by atoms with Gasteiger partial charge in [0, 0.05) is 29.4 Å². The zero-order valence-corrected chi connectivity index (χ0v) is 12.9. The van der Waals surface area contributed by atoms with Gasteiger partial charge in [0.25, 0.3) is 0 Å². The van der Waals surface area contributed by atoms with Crippen LogP contribution in [0.5, 0.6) is 0 Å². The molecule has 3 rings (SSSR count). The molecule has 0 saturated carbocycles. The van der Waals surface area contributed by atoms with Gasteiger partial charge in [-0.15, -0.1) is 11.3 Å².